The summed E-state index contributed by atoms with van der Waals surface area (Å²) in [6.45, 7) is 3.57. The van der Waals surface area contributed by atoms with Crippen molar-refractivity contribution in [2.24, 2.45) is 0 Å². The van der Waals surface area contributed by atoms with Gasteiger partial charge in [-0.05, 0) is 114 Å². The Morgan fingerprint density at radius 1 is 0.437 bits per heavy atom. The molecule has 0 N–H and O–H groups in total. The average molecular weight is 1240 g/mol. The number of likely N-dealkylation sites (N-methyl/N-ethyl adjacent to an activating group) is 2. The summed E-state index contributed by atoms with van der Waals surface area (Å²) in [7, 11) is 9.11. The fourth-order valence-electron chi connectivity index (χ4n) is 11.1. The zero-order valence-corrected chi connectivity index (χ0v) is 53.0. The van der Waals surface area contributed by atoms with Gasteiger partial charge in [-0.2, -0.15) is 0 Å². The molecule has 0 spiro atoms. The molecular formula is C65H82N2O18S2. The number of unbranched alkanes of at least 4 members (excludes halogenated alkanes) is 2. The number of esters is 2. The lowest BCUT2D eigenvalue weighted by atomic mass is 9.86. The van der Waals surface area contributed by atoms with Gasteiger partial charge in [0.25, 0.3) is 0 Å². The minimum absolute atomic E-state index is 0.0393. The van der Waals surface area contributed by atoms with E-state index in [1.165, 1.54) is 70.8 Å². The smallest absolute Gasteiger partial charge is 0.311 e. The van der Waals surface area contributed by atoms with Crippen LogP contribution in [-0.4, -0.2) is 157 Å². The number of hydrogen-bond acceptors (Lipinski definition) is 18. The van der Waals surface area contributed by atoms with Gasteiger partial charge in [-0.15, -0.1) is 0 Å². The van der Waals surface area contributed by atoms with Crippen LogP contribution in [0.3, 0.4) is 0 Å². The van der Waals surface area contributed by atoms with Crippen LogP contribution >= 0.6 is 0 Å². The largest absolute Gasteiger partial charge is 0.744 e. The minimum atomic E-state index is -4.25. The van der Waals surface area contributed by atoms with Gasteiger partial charge in [0.15, 0.2) is 46.0 Å². The van der Waals surface area contributed by atoms with Crippen LogP contribution < -0.4 is 37.9 Å². The van der Waals surface area contributed by atoms with Crippen molar-refractivity contribution in [3.63, 3.8) is 0 Å². The van der Waals surface area contributed by atoms with Crippen molar-refractivity contribution in [3.8, 4) is 46.0 Å². The monoisotopic (exact) mass is 1240 g/mol. The molecule has 2 aliphatic rings. The number of benzene rings is 6. The maximum Gasteiger partial charge on any atom is 0.311 e. The van der Waals surface area contributed by atoms with Gasteiger partial charge in [-0.1, -0.05) is 48.5 Å². The Morgan fingerprint density at radius 3 is 1.07 bits per heavy atom. The van der Waals surface area contributed by atoms with E-state index in [1.54, 1.807) is 69.0 Å². The summed E-state index contributed by atoms with van der Waals surface area (Å²) < 4.78 is 120. The fraction of sp³-hybridized carbons (Fsp3) is 0.415. The van der Waals surface area contributed by atoms with Gasteiger partial charge in [0, 0.05) is 36.8 Å². The SMILES string of the molecule is COc1ccc(C[C@@H]2c3cc(OC)c(OC)cc3CC[N+]2(C)CCC(=O)OCCCCCOC(=O)CC[N@@+]2(C)CCc3cc(OC)c(OC)cc3[C@H]2Cc2ccc(OC)c(OC)c2)cc1OC.O=S(=O)([O-])c1ccccc1.O=S(=O)([O-])c1ccccc1. The molecule has 4 atom stereocenters. The Balaban J connectivity index is 0.000000507. The van der Waals surface area contributed by atoms with Crippen molar-refractivity contribution in [1.82, 2.24) is 0 Å². The molecule has 1 unspecified atom stereocenters. The third kappa shape index (κ3) is 18.7. The highest BCUT2D eigenvalue weighted by atomic mass is 32.2. The molecule has 6 aromatic rings. The van der Waals surface area contributed by atoms with E-state index in [0.29, 0.717) is 107 Å². The fourth-order valence-corrected chi connectivity index (χ4v) is 12.1. The van der Waals surface area contributed by atoms with Crippen molar-refractivity contribution < 1.29 is 91.9 Å². The molecule has 6 aromatic carbocycles. The molecule has 0 saturated carbocycles. The van der Waals surface area contributed by atoms with Crippen molar-refractivity contribution in [3.05, 3.63) is 155 Å². The van der Waals surface area contributed by atoms with Crippen LogP contribution in [0.15, 0.2) is 131 Å². The predicted octanol–water partition coefficient (Wildman–Crippen LogP) is 9.25. The summed E-state index contributed by atoms with van der Waals surface area (Å²) in [6, 6.07) is 34.9. The third-order valence-corrected chi connectivity index (χ3v) is 17.8. The first-order valence-electron chi connectivity index (χ1n) is 28.5. The van der Waals surface area contributed by atoms with Crippen molar-refractivity contribution >= 4 is 32.2 Å². The molecule has 0 radical (unpaired) electrons. The topological polar surface area (TPSA) is 241 Å². The lowest BCUT2D eigenvalue weighted by molar-refractivity contribution is -0.940. The number of carbonyl (C=O) groups is 2. The first kappa shape index (κ1) is 68.5. The number of carbonyl (C=O) groups excluding carboxylic acids is 2. The Kier molecular flexibility index (Phi) is 25.1. The maximum absolute atomic E-state index is 13.2. The van der Waals surface area contributed by atoms with E-state index in [9.17, 15) is 35.5 Å². The lowest BCUT2D eigenvalue weighted by Crippen LogP contribution is -2.53. The number of fused-ring (bicyclic) bond motifs is 2. The maximum atomic E-state index is 13.2. The molecule has 2 heterocycles. The van der Waals surface area contributed by atoms with E-state index in [0.717, 1.165) is 56.3 Å². The van der Waals surface area contributed by atoms with Gasteiger partial charge >= 0.3 is 11.9 Å². The summed E-state index contributed by atoms with van der Waals surface area (Å²) >= 11 is 0. The highest BCUT2D eigenvalue weighted by Gasteiger charge is 2.42. The quantitative estimate of drug-likeness (QED) is 0.0213. The molecule has 0 bridgehead atoms. The van der Waals surface area contributed by atoms with Crippen LogP contribution in [0.5, 0.6) is 46.0 Å². The van der Waals surface area contributed by atoms with Gasteiger partial charge in [-0.3, -0.25) is 9.59 Å². The summed E-state index contributed by atoms with van der Waals surface area (Å²) in [4.78, 5) is 26.0. The molecule has 0 fully saturated rings. The van der Waals surface area contributed by atoms with Crippen LogP contribution in [0.4, 0.5) is 0 Å². The van der Waals surface area contributed by atoms with Gasteiger partial charge in [-0.25, -0.2) is 16.8 Å². The second-order valence-electron chi connectivity index (χ2n) is 21.5. The molecule has 2 aliphatic heterocycles. The van der Waals surface area contributed by atoms with Gasteiger partial charge < -0.3 is 65.4 Å². The normalized spacial score (nSPS) is 17.7. The molecule has 8 rings (SSSR count). The van der Waals surface area contributed by atoms with E-state index >= 15 is 0 Å². The van der Waals surface area contributed by atoms with E-state index in [1.807, 2.05) is 24.3 Å². The molecule has 472 valence electrons. The Morgan fingerprint density at radius 2 is 0.759 bits per heavy atom. The number of ether oxygens (including phenoxy) is 10. The summed E-state index contributed by atoms with van der Waals surface area (Å²) in [5, 5.41) is 0. The van der Waals surface area contributed by atoms with Gasteiger partial charge in [0.1, 0.15) is 32.3 Å². The first-order valence-corrected chi connectivity index (χ1v) is 31.3. The molecule has 0 amide bonds. The highest BCUT2D eigenvalue weighted by molar-refractivity contribution is 7.86. The van der Waals surface area contributed by atoms with Crippen molar-refractivity contribution in [2.75, 3.05) is 110 Å². The standard InChI is InChI=1S/C53H72N2O12.2C6H6O3S/c1-54(22-18-38-32-48(62-7)50(64-9)34-40(38)42(54)28-36-14-16-44(58-3)46(30-36)60-5)24-20-52(56)66-26-12-11-13-27-67-53(57)21-25-55(2)23-19-39-33-49(63-8)51(65-10)35-41(39)43(55)29-37-15-17-45(59-4)47(31-37)61-6;2*7-10(8,9)6-4-2-1-3-5-6/h14-17,30-35,42-43H,11-13,18-29H2,1-10H3;2*1-5H,(H,7,8,9)/q+2;;/p-2/t42-,43-,54-,55?;;/m1../s1. The lowest BCUT2D eigenvalue weighted by Gasteiger charge is -2.46. The highest BCUT2D eigenvalue weighted by Crippen LogP contribution is 2.45. The Labute approximate surface area is 512 Å². The second kappa shape index (κ2) is 31.9. The molecular weight excluding hydrogens is 1160 g/mol. The molecule has 0 aliphatic carbocycles. The number of quaternary nitrogens is 2. The summed E-state index contributed by atoms with van der Waals surface area (Å²) in [5.41, 5.74) is 7.00. The van der Waals surface area contributed by atoms with Crippen molar-refractivity contribution in [1.29, 1.82) is 0 Å². The summed E-state index contributed by atoms with van der Waals surface area (Å²) in [5.74, 6) is 5.06. The first-order chi connectivity index (χ1) is 41.6. The number of rotatable bonds is 26. The summed E-state index contributed by atoms with van der Waals surface area (Å²) in [6.07, 6.45) is 5.85. The van der Waals surface area contributed by atoms with Gasteiger partial charge in [0.05, 0.1) is 133 Å². The zero-order valence-electron chi connectivity index (χ0n) is 51.4. The number of hydrogen-bond donors (Lipinski definition) is 0. The zero-order chi connectivity index (χ0) is 63.4. The molecule has 0 aromatic heterocycles. The molecule has 20 nitrogen and oxygen atoms in total. The Hall–Kier alpha value is -7.60. The van der Waals surface area contributed by atoms with Crippen LogP contribution in [0.1, 0.15) is 77.6 Å². The third-order valence-electron chi connectivity index (χ3n) is 16.1. The minimum Gasteiger partial charge on any atom is -0.744 e. The van der Waals surface area contributed by atoms with Gasteiger partial charge in [0.2, 0.25) is 0 Å². The van der Waals surface area contributed by atoms with E-state index in [4.69, 9.17) is 47.4 Å². The predicted molar refractivity (Wildman–Crippen MR) is 324 cm³/mol. The van der Waals surface area contributed by atoms with Crippen LogP contribution in [0.2, 0.25) is 0 Å². The second-order valence-corrected chi connectivity index (χ2v) is 24.3. The van der Waals surface area contributed by atoms with E-state index < -0.39 is 20.2 Å². The molecule has 22 heteroatoms. The molecule has 0 saturated heterocycles. The Bertz CT molecular complexity index is 3230. The average Bonchev–Trinajstić information content (AvgIpc) is 1.78. The van der Waals surface area contributed by atoms with Crippen LogP contribution in [-0.2, 0) is 65.0 Å². The van der Waals surface area contributed by atoms with Crippen molar-refractivity contribution in [2.45, 2.75) is 79.7 Å². The van der Waals surface area contributed by atoms with E-state index in [-0.39, 0.29) is 33.8 Å². The number of methoxy groups -OCH3 is 8. The number of nitrogens with zero attached hydrogens (tertiary/aromatic N) is 2. The van der Waals surface area contributed by atoms with Crippen LogP contribution in [0.25, 0.3) is 0 Å². The van der Waals surface area contributed by atoms with E-state index in [2.05, 4.69) is 50.5 Å². The molecule has 87 heavy (non-hydrogen) atoms. The van der Waals surface area contributed by atoms with Crippen LogP contribution in [0, 0.1) is 0 Å².